The Morgan fingerprint density at radius 1 is 1.11 bits per heavy atom. The number of carbonyl (C=O) groups excluding carboxylic acids is 2. The number of nitrogens with zero attached hydrogens (tertiary/aromatic N) is 2. The van der Waals surface area contributed by atoms with Crippen LogP contribution < -0.4 is 10.1 Å². The van der Waals surface area contributed by atoms with Crippen molar-refractivity contribution in [3.05, 3.63) is 29.3 Å². The van der Waals surface area contributed by atoms with Crippen LogP contribution in [0.1, 0.15) is 30.9 Å². The summed E-state index contributed by atoms with van der Waals surface area (Å²) in [6.45, 7) is 9.50. The number of aryl methyl sites for hydroxylation is 2. The van der Waals surface area contributed by atoms with Crippen molar-refractivity contribution in [2.24, 2.45) is 11.8 Å². The zero-order chi connectivity index (χ0) is 20.3. The maximum atomic E-state index is 12.5. The van der Waals surface area contributed by atoms with Crippen molar-refractivity contribution in [2.45, 2.75) is 39.7 Å². The molecule has 0 saturated carbocycles. The normalized spacial score (nSPS) is 19.8. The average molecular weight is 388 g/mol. The van der Waals surface area contributed by atoms with Gasteiger partial charge in [-0.2, -0.15) is 0 Å². The minimum absolute atomic E-state index is 0.0175. The van der Waals surface area contributed by atoms with E-state index in [1.807, 2.05) is 37.8 Å². The summed E-state index contributed by atoms with van der Waals surface area (Å²) in [4.78, 5) is 29.1. The van der Waals surface area contributed by atoms with E-state index < -0.39 is 0 Å². The van der Waals surface area contributed by atoms with Crippen LogP contribution in [0.4, 0.5) is 0 Å². The van der Waals surface area contributed by atoms with Crippen LogP contribution >= 0.6 is 0 Å². The summed E-state index contributed by atoms with van der Waals surface area (Å²) < 4.78 is 5.83. The fraction of sp³-hybridized carbons (Fsp3) is 0.636. The lowest BCUT2D eigenvalue weighted by molar-refractivity contribution is -0.147. The molecule has 0 spiro atoms. The lowest BCUT2D eigenvalue weighted by atomic mass is 9.91. The van der Waals surface area contributed by atoms with Crippen LogP contribution in [-0.2, 0) is 9.59 Å². The first-order valence-corrected chi connectivity index (χ1v) is 10.3. The molecule has 28 heavy (non-hydrogen) atoms. The van der Waals surface area contributed by atoms with Crippen molar-refractivity contribution in [1.29, 1.82) is 0 Å². The number of ether oxygens (including phenoxy) is 1. The molecule has 2 amide bonds. The lowest BCUT2D eigenvalue weighted by Gasteiger charge is -2.41. The number of carbonyl (C=O) groups is 2. The number of rotatable bonds is 6. The maximum Gasteiger partial charge on any atom is 0.227 e. The summed E-state index contributed by atoms with van der Waals surface area (Å²) in [5.41, 5.74) is 2.33. The predicted molar refractivity (Wildman–Crippen MR) is 109 cm³/mol. The van der Waals surface area contributed by atoms with Crippen LogP contribution in [0, 0.1) is 25.7 Å². The summed E-state index contributed by atoms with van der Waals surface area (Å²) in [5, 5.41) is 3.02. The first-order valence-electron chi connectivity index (χ1n) is 10.3. The Balaban J connectivity index is 1.38. The van der Waals surface area contributed by atoms with Gasteiger partial charge in [-0.15, -0.1) is 0 Å². The third-order valence-corrected chi connectivity index (χ3v) is 5.72. The van der Waals surface area contributed by atoms with Gasteiger partial charge in [0.05, 0.1) is 12.0 Å². The van der Waals surface area contributed by atoms with Gasteiger partial charge in [-0.05, 0) is 77.0 Å². The Bertz CT molecular complexity index is 687. The van der Waals surface area contributed by atoms with E-state index in [1.165, 1.54) is 0 Å². The highest BCUT2D eigenvalue weighted by Gasteiger charge is 2.39. The van der Waals surface area contributed by atoms with Gasteiger partial charge >= 0.3 is 0 Å². The van der Waals surface area contributed by atoms with Crippen LogP contribution in [0.15, 0.2) is 18.2 Å². The molecule has 2 saturated heterocycles. The molecule has 3 rings (SSSR count). The number of hydrogen-bond acceptors (Lipinski definition) is 4. The molecule has 1 aromatic rings. The zero-order valence-electron chi connectivity index (χ0n) is 17.5. The molecule has 0 radical (unpaired) electrons. The number of nitrogens with one attached hydrogen (secondary N) is 1. The predicted octanol–water partition coefficient (Wildman–Crippen LogP) is 1.99. The molecule has 154 valence electrons. The topological polar surface area (TPSA) is 61.9 Å². The van der Waals surface area contributed by atoms with Crippen molar-refractivity contribution in [1.82, 2.24) is 15.1 Å². The molecular formula is C22H33N3O3. The Hall–Kier alpha value is -2.08. The second-order valence-electron chi connectivity index (χ2n) is 8.56. The molecular weight excluding hydrogens is 354 g/mol. The van der Waals surface area contributed by atoms with E-state index in [0.717, 1.165) is 42.8 Å². The number of hydrogen-bond donors (Lipinski definition) is 1. The van der Waals surface area contributed by atoms with Gasteiger partial charge in [0.25, 0.3) is 0 Å². The highest BCUT2D eigenvalue weighted by Crippen LogP contribution is 2.24. The van der Waals surface area contributed by atoms with Gasteiger partial charge in [0.1, 0.15) is 12.4 Å². The van der Waals surface area contributed by atoms with Gasteiger partial charge < -0.3 is 19.9 Å². The highest BCUT2D eigenvalue weighted by atomic mass is 16.5. The maximum absolute atomic E-state index is 12.5. The fourth-order valence-corrected chi connectivity index (χ4v) is 3.98. The molecule has 2 fully saturated rings. The third-order valence-electron chi connectivity index (χ3n) is 5.72. The number of piperidine rings is 1. The monoisotopic (exact) mass is 387 g/mol. The van der Waals surface area contributed by atoms with Gasteiger partial charge in [-0.25, -0.2) is 0 Å². The molecule has 0 aliphatic carbocycles. The van der Waals surface area contributed by atoms with Crippen molar-refractivity contribution in [2.75, 3.05) is 39.8 Å². The smallest absolute Gasteiger partial charge is 0.227 e. The van der Waals surface area contributed by atoms with Crippen molar-refractivity contribution in [3.63, 3.8) is 0 Å². The van der Waals surface area contributed by atoms with Crippen molar-refractivity contribution >= 4 is 11.8 Å². The first-order chi connectivity index (χ1) is 13.3. The molecule has 1 unspecified atom stereocenters. The van der Waals surface area contributed by atoms with E-state index >= 15 is 0 Å². The summed E-state index contributed by atoms with van der Waals surface area (Å²) in [6, 6.07) is 6.03. The lowest BCUT2D eigenvalue weighted by Crippen LogP contribution is -2.58. The molecule has 2 aliphatic rings. The fourth-order valence-electron chi connectivity index (χ4n) is 3.98. The van der Waals surface area contributed by atoms with Gasteiger partial charge in [0, 0.05) is 19.0 Å². The highest BCUT2D eigenvalue weighted by molar-refractivity contribution is 5.85. The molecule has 1 N–H and O–H groups in total. The number of benzene rings is 1. The van der Waals surface area contributed by atoms with Crippen LogP contribution in [-0.4, -0.2) is 67.5 Å². The number of likely N-dealkylation sites (tertiary alicyclic amines) is 2. The van der Waals surface area contributed by atoms with Gasteiger partial charge in [-0.3, -0.25) is 9.59 Å². The van der Waals surface area contributed by atoms with E-state index in [9.17, 15) is 9.59 Å². The molecule has 6 nitrogen and oxygen atoms in total. The number of amides is 2. The second-order valence-corrected chi connectivity index (χ2v) is 8.56. The molecule has 1 atom stereocenters. The Kier molecular flexibility index (Phi) is 6.60. The first kappa shape index (κ1) is 20.6. The van der Waals surface area contributed by atoms with E-state index in [4.69, 9.17) is 4.74 Å². The molecule has 1 aromatic carbocycles. The van der Waals surface area contributed by atoms with Crippen molar-refractivity contribution in [3.8, 4) is 5.75 Å². The summed E-state index contributed by atoms with van der Waals surface area (Å²) in [5.74, 6) is 1.11. The average Bonchev–Trinajstić information content (AvgIpc) is 2.58. The zero-order valence-corrected chi connectivity index (χ0v) is 17.5. The van der Waals surface area contributed by atoms with Gasteiger partial charge in [0.15, 0.2) is 0 Å². The Labute approximate surface area is 168 Å². The third kappa shape index (κ3) is 5.25. The molecule has 2 heterocycles. The van der Waals surface area contributed by atoms with Crippen LogP contribution in [0.3, 0.4) is 0 Å². The minimum atomic E-state index is -0.0983. The summed E-state index contributed by atoms with van der Waals surface area (Å²) in [6.07, 6.45) is 1.85. The van der Waals surface area contributed by atoms with E-state index in [-0.39, 0.29) is 29.7 Å². The Morgan fingerprint density at radius 2 is 1.71 bits per heavy atom. The largest absolute Gasteiger partial charge is 0.491 e. The van der Waals surface area contributed by atoms with E-state index in [1.54, 1.807) is 0 Å². The standard InChI is InChI=1S/C22H33N3O3/c1-15-9-16(2)11-20(10-15)28-14-17(3)23-21(26)19-12-25(13-19)22(27)18-5-7-24(4)8-6-18/h9-11,17-19H,5-8,12-14H2,1-4H3,(H,23,26). The van der Waals surface area contributed by atoms with E-state index in [2.05, 4.69) is 23.3 Å². The van der Waals surface area contributed by atoms with Crippen LogP contribution in [0.25, 0.3) is 0 Å². The van der Waals surface area contributed by atoms with Crippen LogP contribution in [0.2, 0.25) is 0 Å². The summed E-state index contributed by atoms with van der Waals surface area (Å²) >= 11 is 0. The molecule has 0 aromatic heterocycles. The van der Waals surface area contributed by atoms with Crippen LogP contribution in [0.5, 0.6) is 5.75 Å². The van der Waals surface area contributed by atoms with Gasteiger partial charge in [0.2, 0.25) is 11.8 Å². The second kappa shape index (κ2) is 8.95. The molecule has 0 bridgehead atoms. The molecule has 6 heteroatoms. The molecule has 2 aliphatic heterocycles. The van der Waals surface area contributed by atoms with Crippen molar-refractivity contribution < 1.29 is 14.3 Å². The summed E-state index contributed by atoms with van der Waals surface area (Å²) in [7, 11) is 2.09. The minimum Gasteiger partial charge on any atom is -0.491 e. The van der Waals surface area contributed by atoms with E-state index in [0.29, 0.717) is 19.7 Å². The SMILES string of the molecule is Cc1cc(C)cc(OCC(C)NC(=O)C2CN(C(=O)C3CCN(C)CC3)C2)c1. The van der Waals surface area contributed by atoms with Gasteiger partial charge in [-0.1, -0.05) is 6.07 Å². The quantitative estimate of drug-likeness (QED) is 0.811. The Morgan fingerprint density at radius 3 is 2.32 bits per heavy atom.